The normalized spacial score (nSPS) is 17.2. The van der Waals surface area contributed by atoms with Crippen LogP contribution in [0.4, 0.5) is 10.7 Å². The van der Waals surface area contributed by atoms with Gasteiger partial charge in [-0.05, 0) is 0 Å². The standard InChI is InChI=1S/C8H12N4O3S/c1-10-4-3-9-7(10)11-5-6-12(8(11)13)16(2,14)15/h3-4H,5-6H2,1-2H3. The van der Waals surface area contributed by atoms with Crippen LogP contribution in [-0.4, -0.2) is 47.7 Å². The van der Waals surface area contributed by atoms with E-state index in [1.165, 1.54) is 4.90 Å². The van der Waals surface area contributed by atoms with Gasteiger partial charge in [-0.1, -0.05) is 0 Å². The molecule has 1 aromatic rings. The van der Waals surface area contributed by atoms with Gasteiger partial charge in [0.2, 0.25) is 16.0 Å². The fraction of sp³-hybridized carbons (Fsp3) is 0.500. The predicted octanol–water partition coefficient (Wildman–Crippen LogP) is -0.378. The van der Waals surface area contributed by atoms with Crippen molar-refractivity contribution in [2.45, 2.75) is 0 Å². The molecule has 0 aromatic carbocycles. The smallest absolute Gasteiger partial charge is 0.320 e. The van der Waals surface area contributed by atoms with Crippen molar-refractivity contribution in [2.75, 3.05) is 24.2 Å². The number of hydrogen-bond donors (Lipinski definition) is 0. The Labute approximate surface area is 93.3 Å². The van der Waals surface area contributed by atoms with Gasteiger partial charge >= 0.3 is 6.03 Å². The van der Waals surface area contributed by atoms with Crippen molar-refractivity contribution >= 4 is 22.0 Å². The van der Waals surface area contributed by atoms with Gasteiger partial charge in [-0.15, -0.1) is 0 Å². The second-order valence-electron chi connectivity index (χ2n) is 3.61. The van der Waals surface area contributed by atoms with E-state index in [1.807, 2.05) is 0 Å². The van der Waals surface area contributed by atoms with Gasteiger partial charge in [-0.2, -0.15) is 0 Å². The van der Waals surface area contributed by atoms with Gasteiger partial charge in [0.25, 0.3) is 0 Å². The summed E-state index contributed by atoms with van der Waals surface area (Å²) in [6.45, 7) is 0.501. The molecule has 7 nitrogen and oxygen atoms in total. The molecule has 16 heavy (non-hydrogen) atoms. The third-order valence-corrected chi connectivity index (χ3v) is 3.55. The molecular formula is C8H12N4O3S. The quantitative estimate of drug-likeness (QED) is 0.710. The van der Waals surface area contributed by atoms with E-state index in [0.29, 0.717) is 12.5 Å². The van der Waals surface area contributed by atoms with Crippen molar-refractivity contribution in [3.05, 3.63) is 12.4 Å². The monoisotopic (exact) mass is 244 g/mol. The number of carbonyl (C=O) groups is 1. The molecule has 2 amide bonds. The zero-order valence-electron chi connectivity index (χ0n) is 8.99. The fourth-order valence-electron chi connectivity index (χ4n) is 1.63. The van der Waals surface area contributed by atoms with E-state index < -0.39 is 16.1 Å². The first-order valence-electron chi connectivity index (χ1n) is 4.68. The van der Waals surface area contributed by atoms with Crippen LogP contribution in [0.5, 0.6) is 0 Å². The summed E-state index contributed by atoms with van der Waals surface area (Å²) >= 11 is 0. The second-order valence-corrected chi connectivity index (χ2v) is 5.51. The molecule has 8 heteroatoms. The Bertz CT molecular complexity index is 521. The maximum Gasteiger partial charge on any atom is 0.340 e. The van der Waals surface area contributed by atoms with E-state index in [2.05, 4.69) is 4.98 Å². The maximum atomic E-state index is 11.8. The third-order valence-electron chi connectivity index (χ3n) is 2.41. The molecule has 0 spiro atoms. The van der Waals surface area contributed by atoms with Gasteiger partial charge in [-0.3, -0.25) is 4.90 Å². The molecule has 1 aromatic heterocycles. The van der Waals surface area contributed by atoms with Gasteiger partial charge in [-0.25, -0.2) is 22.5 Å². The molecule has 1 saturated heterocycles. The number of aryl methyl sites for hydroxylation is 1. The number of urea groups is 1. The van der Waals surface area contributed by atoms with Crippen LogP contribution >= 0.6 is 0 Å². The Morgan fingerprint density at radius 3 is 2.50 bits per heavy atom. The average molecular weight is 244 g/mol. The molecule has 0 N–H and O–H groups in total. The van der Waals surface area contributed by atoms with E-state index >= 15 is 0 Å². The van der Waals surface area contributed by atoms with Crippen molar-refractivity contribution in [1.29, 1.82) is 0 Å². The van der Waals surface area contributed by atoms with Crippen LogP contribution in [-0.2, 0) is 17.1 Å². The first-order valence-corrected chi connectivity index (χ1v) is 6.52. The number of sulfonamides is 1. The molecular weight excluding hydrogens is 232 g/mol. The Morgan fingerprint density at radius 2 is 2.06 bits per heavy atom. The van der Waals surface area contributed by atoms with Gasteiger partial charge in [0.1, 0.15) is 0 Å². The highest BCUT2D eigenvalue weighted by molar-refractivity contribution is 7.88. The topological polar surface area (TPSA) is 75.5 Å². The molecule has 0 bridgehead atoms. The number of amides is 2. The molecule has 0 radical (unpaired) electrons. The maximum absolute atomic E-state index is 11.8. The number of imidazole rings is 1. The van der Waals surface area contributed by atoms with E-state index in [1.54, 1.807) is 24.0 Å². The van der Waals surface area contributed by atoms with Crippen molar-refractivity contribution in [3.8, 4) is 0 Å². The average Bonchev–Trinajstić information content (AvgIpc) is 2.70. The van der Waals surface area contributed by atoms with Crippen LogP contribution < -0.4 is 4.90 Å². The van der Waals surface area contributed by atoms with Crippen LogP contribution in [0.3, 0.4) is 0 Å². The summed E-state index contributed by atoms with van der Waals surface area (Å²) in [5.74, 6) is 0.455. The number of hydrogen-bond acceptors (Lipinski definition) is 4. The zero-order chi connectivity index (χ0) is 11.9. The molecule has 0 unspecified atom stereocenters. The highest BCUT2D eigenvalue weighted by Crippen LogP contribution is 2.19. The lowest BCUT2D eigenvalue weighted by Gasteiger charge is -2.16. The van der Waals surface area contributed by atoms with Gasteiger partial charge in [0, 0.05) is 26.0 Å². The molecule has 0 atom stereocenters. The summed E-state index contributed by atoms with van der Waals surface area (Å²) in [5.41, 5.74) is 0. The summed E-state index contributed by atoms with van der Waals surface area (Å²) in [7, 11) is -1.73. The van der Waals surface area contributed by atoms with Gasteiger partial charge in [0.15, 0.2) is 0 Å². The Balaban J connectivity index is 2.30. The van der Waals surface area contributed by atoms with Gasteiger partial charge < -0.3 is 4.57 Å². The molecule has 0 saturated carbocycles. The Morgan fingerprint density at radius 1 is 1.38 bits per heavy atom. The van der Waals surface area contributed by atoms with Crippen LogP contribution in [0.2, 0.25) is 0 Å². The Hall–Kier alpha value is -1.57. The minimum absolute atomic E-state index is 0.171. The van der Waals surface area contributed by atoms with Crippen LogP contribution in [0.1, 0.15) is 0 Å². The fourth-order valence-corrected chi connectivity index (χ4v) is 2.42. The van der Waals surface area contributed by atoms with Crippen molar-refractivity contribution < 1.29 is 13.2 Å². The number of anilines is 1. The van der Waals surface area contributed by atoms with Crippen molar-refractivity contribution in [2.24, 2.45) is 7.05 Å². The summed E-state index contributed by atoms with van der Waals surface area (Å²) in [6.07, 6.45) is 4.28. The first-order chi connectivity index (χ1) is 7.41. The van der Waals surface area contributed by atoms with Crippen LogP contribution in [0.25, 0.3) is 0 Å². The summed E-state index contributed by atoms with van der Waals surface area (Å²) in [4.78, 5) is 17.2. The van der Waals surface area contributed by atoms with Crippen LogP contribution in [0, 0.1) is 0 Å². The van der Waals surface area contributed by atoms with E-state index in [9.17, 15) is 13.2 Å². The number of aromatic nitrogens is 2. The van der Waals surface area contributed by atoms with Gasteiger partial charge in [0.05, 0.1) is 12.8 Å². The van der Waals surface area contributed by atoms with Crippen molar-refractivity contribution in [3.63, 3.8) is 0 Å². The molecule has 1 aliphatic rings. The highest BCUT2D eigenvalue weighted by atomic mass is 32.2. The SMILES string of the molecule is Cn1ccnc1N1CCN(S(C)(=O)=O)C1=O. The minimum Gasteiger partial charge on any atom is -0.320 e. The van der Waals surface area contributed by atoms with E-state index in [-0.39, 0.29) is 6.54 Å². The predicted molar refractivity (Wildman–Crippen MR) is 57.5 cm³/mol. The Kier molecular flexibility index (Phi) is 2.38. The van der Waals surface area contributed by atoms with Crippen molar-refractivity contribution in [1.82, 2.24) is 13.9 Å². The molecule has 0 aliphatic carbocycles. The summed E-state index contributed by atoms with van der Waals surface area (Å²) in [6, 6.07) is -0.545. The summed E-state index contributed by atoms with van der Waals surface area (Å²) < 4.78 is 25.1. The lowest BCUT2D eigenvalue weighted by molar-refractivity contribution is 0.239. The second kappa shape index (κ2) is 3.48. The van der Waals surface area contributed by atoms with E-state index in [0.717, 1.165) is 10.6 Å². The molecule has 1 fully saturated rings. The molecule has 88 valence electrons. The first kappa shape index (κ1) is 10.9. The van der Waals surface area contributed by atoms with E-state index in [4.69, 9.17) is 0 Å². The molecule has 2 rings (SSSR count). The minimum atomic E-state index is -3.48. The number of nitrogens with zero attached hydrogens (tertiary/aromatic N) is 4. The zero-order valence-corrected chi connectivity index (χ0v) is 9.81. The largest absolute Gasteiger partial charge is 0.340 e. The molecule has 2 heterocycles. The molecule has 1 aliphatic heterocycles. The lowest BCUT2D eigenvalue weighted by Crippen LogP contribution is -2.36. The highest BCUT2D eigenvalue weighted by Gasteiger charge is 2.36. The lowest BCUT2D eigenvalue weighted by atomic mass is 10.6. The number of carbonyl (C=O) groups excluding carboxylic acids is 1. The third kappa shape index (κ3) is 1.64. The van der Waals surface area contributed by atoms with Crippen LogP contribution in [0.15, 0.2) is 12.4 Å². The number of rotatable bonds is 2. The summed E-state index contributed by atoms with van der Waals surface area (Å²) in [5, 5.41) is 0.